The third-order valence-corrected chi connectivity index (χ3v) is 24.3. The first-order valence-electron chi connectivity index (χ1n) is 24.6. The Bertz CT molecular complexity index is 6510. The van der Waals surface area contributed by atoms with E-state index >= 15 is 4.79 Å². The van der Waals surface area contributed by atoms with Crippen LogP contribution in [0.5, 0.6) is 0 Å². The van der Waals surface area contributed by atoms with Crippen molar-refractivity contribution >= 4 is 297 Å². The summed E-state index contributed by atoms with van der Waals surface area (Å²) >= 11 is 0. The maximum Gasteiger partial charge on any atom is 0.411 e. The molecular formula is C63H5NO2. The molecule has 1 aliphatic heterocycles. The first-order valence-corrected chi connectivity index (χ1v) is 24.6. The Morgan fingerprint density at radius 2 is 0.379 bits per heavy atom. The predicted molar refractivity (Wildman–Crippen MR) is 273 cm³/mol. The number of carbonyl (C=O) groups excluding carboxylic acids is 1. The fourth-order valence-corrected chi connectivity index (χ4v) is 24.4. The summed E-state index contributed by atoms with van der Waals surface area (Å²) in [5.41, 5.74) is 4.67. The third-order valence-electron chi connectivity index (χ3n) is 24.3. The van der Waals surface area contributed by atoms with Gasteiger partial charge in [-0.3, -0.25) is 4.90 Å². The largest absolute Gasteiger partial charge is 0.450 e. The van der Waals surface area contributed by atoms with Crippen molar-refractivity contribution in [2.24, 2.45) is 0 Å². The number of ether oxygens (including phenoxy) is 1. The van der Waals surface area contributed by atoms with Crippen LogP contribution < -0.4 is 0 Å². The van der Waals surface area contributed by atoms with E-state index in [0.717, 1.165) is 0 Å². The van der Waals surface area contributed by atoms with Crippen LogP contribution in [-0.4, -0.2) is 17.6 Å². The molecule has 0 atom stereocenters. The Morgan fingerprint density at radius 1 is 0.258 bits per heavy atom. The number of nitrogens with zero attached hydrogens (tertiary/aromatic N) is 1. The van der Waals surface area contributed by atoms with Gasteiger partial charge in [-0.15, -0.1) is 0 Å². The Labute approximate surface area is 356 Å². The van der Waals surface area contributed by atoms with Crippen molar-refractivity contribution in [2.45, 2.75) is 18.0 Å². The van der Waals surface area contributed by atoms with E-state index in [4.69, 9.17) is 4.74 Å². The first kappa shape index (κ1) is 23.6. The molecule has 33 rings (SSSR count). The molecule has 0 bridgehead atoms. The summed E-state index contributed by atoms with van der Waals surface area (Å²) in [6.07, 6.45) is -0.118. The van der Waals surface area contributed by atoms with Crippen LogP contribution in [0.15, 0.2) is 0 Å². The molecule has 2 spiro atoms. The molecule has 0 aromatic heterocycles. The smallest absolute Gasteiger partial charge is 0.411 e. The van der Waals surface area contributed by atoms with Gasteiger partial charge in [-0.05, 0) is 298 Å². The van der Waals surface area contributed by atoms with Gasteiger partial charge in [0.2, 0.25) is 0 Å². The summed E-state index contributed by atoms with van der Waals surface area (Å²) in [4.78, 5) is 18.2. The maximum atomic E-state index is 15.8. The highest BCUT2D eigenvalue weighted by atomic mass is 16.6. The molecule has 0 N–H and O–H groups in total. The molecule has 1 fully saturated rings. The average Bonchev–Trinajstić information content (AvgIpc) is 4.19. The summed E-state index contributed by atoms with van der Waals surface area (Å²) in [5.74, 6) is 0. The quantitative estimate of drug-likeness (QED) is 0.122. The Morgan fingerprint density at radius 3 is 0.500 bits per heavy atom. The summed E-state index contributed by atoms with van der Waals surface area (Å²) < 4.78 is 6.49. The van der Waals surface area contributed by atoms with E-state index in [1.165, 1.54) is 65.3 Å². The second-order valence-corrected chi connectivity index (χ2v) is 24.2. The van der Waals surface area contributed by atoms with E-state index in [1.807, 2.05) is 6.92 Å². The van der Waals surface area contributed by atoms with E-state index in [2.05, 4.69) is 4.90 Å². The molecule has 1 amide bonds. The normalized spacial score (nSPS) is 22.8. The molecule has 1 saturated heterocycles. The lowest BCUT2D eigenvalue weighted by molar-refractivity contribution is 0.127. The molecule has 0 radical (unpaired) electrons. The molecular weight excluding hydrogens is 803 g/mol. The number of rotatable bonds is 1. The third kappa shape index (κ3) is 1.15. The molecule has 5 aliphatic rings. The molecule has 0 unspecified atom stereocenters. The average molecular weight is 808 g/mol. The van der Waals surface area contributed by atoms with Crippen LogP contribution in [0.1, 0.15) is 29.2 Å². The number of carbonyl (C=O) groups is 1. The van der Waals surface area contributed by atoms with Gasteiger partial charge >= 0.3 is 6.09 Å². The molecule has 0 saturated carbocycles. The summed E-state index contributed by atoms with van der Waals surface area (Å²) in [6, 6.07) is 0. The van der Waals surface area contributed by atoms with Crippen molar-refractivity contribution in [1.29, 1.82) is 0 Å². The van der Waals surface area contributed by atoms with Gasteiger partial charge in [-0.1, -0.05) is 0 Å². The van der Waals surface area contributed by atoms with Crippen molar-refractivity contribution in [1.82, 2.24) is 4.90 Å². The SMILES string of the molecule is CCOC(=O)N1C23c4c5c6c7c8c9c(c%10c%11c2c2c4c4c%12c5c5c6c6c8c8c%13c9c9c%10c%10c%11c%11c2c2c4c4c%12c%12c5c5c6c8c6c8c%13c9c9c%10c%10c%11c2c2c4c4c%12c5c6c5c8c9c%10c2c45)C713. The van der Waals surface area contributed by atoms with Gasteiger partial charge < -0.3 is 4.74 Å². The zero-order valence-electron chi connectivity index (χ0n) is 33.5. The monoisotopic (exact) mass is 807 g/mol. The minimum atomic E-state index is -0.648. The van der Waals surface area contributed by atoms with Crippen molar-refractivity contribution in [3.05, 3.63) is 22.3 Å². The van der Waals surface area contributed by atoms with E-state index in [9.17, 15) is 0 Å². The van der Waals surface area contributed by atoms with Crippen LogP contribution in [-0.2, 0) is 15.8 Å². The van der Waals surface area contributed by atoms with Crippen molar-refractivity contribution in [3.8, 4) is 0 Å². The summed E-state index contributed by atoms with van der Waals surface area (Å²) in [5, 5.41) is 85.2. The zero-order chi connectivity index (χ0) is 39.1. The fourth-order valence-electron chi connectivity index (χ4n) is 24.4. The molecule has 3 heteroatoms. The number of hydrogen-bond acceptors (Lipinski definition) is 2. The predicted octanol–water partition coefficient (Wildman–Crippen LogP) is 16.7. The Balaban J connectivity index is 1.24. The zero-order valence-corrected chi connectivity index (χ0v) is 33.5. The van der Waals surface area contributed by atoms with E-state index in [-0.39, 0.29) is 6.09 Å². The minimum absolute atomic E-state index is 0.118. The van der Waals surface area contributed by atoms with E-state index in [1.54, 1.807) is 248 Å². The van der Waals surface area contributed by atoms with Gasteiger partial charge in [-0.25, -0.2) is 4.79 Å². The molecule has 28 aromatic rings. The number of hydrogen-bond donors (Lipinski definition) is 0. The van der Waals surface area contributed by atoms with Gasteiger partial charge in [-0.2, -0.15) is 0 Å². The van der Waals surface area contributed by atoms with Crippen molar-refractivity contribution in [2.75, 3.05) is 6.61 Å². The second-order valence-electron chi connectivity index (χ2n) is 24.2. The summed E-state index contributed by atoms with van der Waals surface area (Å²) in [7, 11) is 0. The van der Waals surface area contributed by atoms with Crippen LogP contribution >= 0.6 is 0 Å². The Hall–Kier alpha value is -8.27. The maximum absolute atomic E-state index is 15.8. The van der Waals surface area contributed by atoms with E-state index < -0.39 is 11.1 Å². The summed E-state index contributed by atoms with van der Waals surface area (Å²) in [6.45, 7) is 2.40. The topological polar surface area (TPSA) is 29.3 Å². The highest BCUT2D eigenvalue weighted by Gasteiger charge is 2.88. The van der Waals surface area contributed by atoms with Gasteiger partial charge in [0.1, 0.15) is 11.1 Å². The molecule has 1 heterocycles. The standard InChI is InChI=1S/C63H5NO2/c1-2-66-61(65)64-62-57-49-41-31-21-13-5-3-4-7-11-9(5)17-25-19(11)29-23-15(7)16-8(4)12-10-6(3)14(13)22-28-18(10)26-20(12)30-24(16)34-33(23)43-37(29)47-39(25)45(35(41)27(17)21)53(57)55(47)59-51(43)52-44(34)38(30)48-40(26)46-36(28)42(32(22)31)50(49)58(62)54(46)56(48)60(52)63(59,62)64/h2H2,1H3. The highest BCUT2D eigenvalue weighted by molar-refractivity contribution is 6.82. The lowest BCUT2D eigenvalue weighted by Crippen LogP contribution is -2.27. The van der Waals surface area contributed by atoms with Gasteiger partial charge in [0, 0.05) is 22.3 Å². The van der Waals surface area contributed by atoms with Crippen LogP contribution in [0.25, 0.3) is 291 Å². The molecule has 4 aliphatic carbocycles. The molecule has 274 valence electrons. The first-order chi connectivity index (χ1) is 32.8. The highest BCUT2D eigenvalue weighted by Crippen LogP contribution is 2.90. The van der Waals surface area contributed by atoms with Crippen LogP contribution in [0.3, 0.4) is 0 Å². The Kier molecular flexibility index (Phi) is 1.83. The molecule has 3 nitrogen and oxygen atoms in total. The van der Waals surface area contributed by atoms with Crippen LogP contribution in [0.4, 0.5) is 4.79 Å². The van der Waals surface area contributed by atoms with Crippen LogP contribution in [0, 0.1) is 0 Å². The van der Waals surface area contributed by atoms with Gasteiger partial charge in [0.05, 0.1) is 6.61 Å². The second kappa shape index (κ2) is 5.11. The lowest BCUT2D eigenvalue weighted by atomic mass is 9.68. The van der Waals surface area contributed by atoms with Gasteiger partial charge in [0.15, 0.2) is 0 Å². The minimum Gasteiger partial charge on any atom is -0.450 e. The lowest BCUT2D eigenvalue weighted by Gasteiger charge is -2.29. The number of amides is 1. The van der Waals surface area contributed by atoms with Crippen molar-refractivity contribution < 1.29 is 9.53 Å². The number of benzene rings is 18. The molecule has 28 aromatic carbocycles. The van der Waals surface area contributed by atoms with E-state index in [0.29, 0.717) is 6.61 Å². The fraction of sp³-hybridized carbons (Fsp3) is 0.0635. The molecule has 66 heavy (non-hydrogen) atoms. The van der Waals surface area contributed by atoms with Crippen LogP contribution in [0.2, 0.25) is 0 Å². The van der Waals surface area contributed by atoms with Gasteiger partial charge in [0.25, 0.3) is 0 Å². The van der Waals surface area contributed by atoms with Crippen molar-refractivity contribution in [3.63, 3.8) is 0 Å².